The van der Waals surface area contributed by atoms with Gasteiger partial charge in [0, 0.05) is 0 Å². The lowest BCUT2D eigenvalue weighted by Crippen LogP contribution is -2.41. The van der Waals surface area contributed by atoms with Crippen LogP contribution in [0.4, 0.5) is 5.82 Å². The number of nitro groups is 1. The summed E-state index contributed by atoms with van der Waals surface area (Å²) in [5.74, 6) is -6.18. The van der Waals surface area contributed by atoms with Crippen molar-refractivity contribution < 1.29 is 47.8 Å². The van der Waals surface area contributed by atoms with Crippen molar-refractivity contribution in [3.63, 3.8) is 0 Å². The lowest BCUT2D eigenvalue weighted by molar-refractivity contribution is -0.394. The van der Waals surface area contributed by atoms with Crippen molar-refractivity contribution in [2.45, 2.75) is 24.5 Å². The van der Waals surface area contributed by atoms with Gasteiger partial charge in [0.25, 0.3) is 11.8 Å². The first-order valence-corrected chi connectivity index (χ1v) is 13.9. The van der Waals surface area contributed by atoms with Gasteiger partial charge < -0.3 is 40.5 Å². The van der Waals surface area contributed by atoms with Gasteiger partial charge in [-0.05, 0) is 41.3 Å². The summed E-state index contributed by atoms with van der Waals surface area (Å²) in [6.07, 6.45) is -5.51. The number of rotatable bonds is 11. The second kappa shape index (κ2) is 13.7. The Labute approximate surface area is 265 Å². The summed E-state index contributed by atoms with van der Waals surface area (Å²) in [7, 11) is 0. The van der Waals surface area contributed by atoms with Crippen molar-refractivity contribution in [2.75, 3.05) is 6.61 Å². The van der Waals surface area contributed by atoms with Crippen molar-refractivity contribution in [1.29, 1.82) is 0 Å². The first kappa shape index (κ1) is 32.1. The summed E-state index contributed by atoms with van der Waals surface area (Å²) in [6, 6.07) is 23.3. The molecule has 0 spiro atoms. The Hall–Kier alpha value is -6.35. The molecule has 15 heteroatoms. The zero-order valence-electron chi connectivity index (χ0n) is 24.3. The predicted molar refractivity (Wildman–Crippen MR) is 160 cm³/mol. The quantitative estimate of drug-likeness (QED) is 0.105. The number of nitrogens with two attached hydrogens (primary N) is 2. The topological polar surface area (TPSA) is 222 Å². The third kappa shape index (κ3) is 6.84. The summed E-state index contributed by atoms with van der Waals surface area (Å²) in [4.78, 5) is 75.3. The van der Waals surface area contributed by atoms with Crippen LogP contribution in [0.1, 0.15) is 58.0 Å². The molecule has 1 aliphatic rings. The minimum atomic E-state index is -1.73. The molecule has 0 saturated carbocycles. The second-order valence-electron chi connectivity index (χ2n) is 10.1. The smallest absolute Gasteiger partial charge is 0.339 e. The van der Waals surface area contributed by atoms with Crippen LogP contribution in [0.2, 0.25) is 0 Å². The Morgan fingerprint density at radius 1 is 0.723 bits per heavy atom. The van der Waals surface area contributed by atoms with Gasteiger partial charge in [0.15, 0.2) is 6.10 Å². The minimum Gasteiger partial charge on any atom is -0.459 e. The van der Waals surface area contributed by atoms with Gasteiger partial charge in [0.2, 0.25) is 12.3 Å². The zero-order chi connectivity index (χ0) is 33.7. The van der Waals surface area contributed by atoms with Crippen molar-refractivity contribution >= 4 is 35.5 Å². The number of carbonyl (C=O) groups is 5. The number of ether oxygens (including phenoxy) is 4. The maximum atomic E-state index is 13.3. The van der Waals surface area contributed by atoms with E-state index in [2.05, 4.69) is 0 Å². The van der Waals surface area contributed by atoms with Crippen molar-refractivity contribution in [1.82, 2.24) is 4.57 Å². The van der Waals surface area contributed by atoms with E-state index in [-0.39, 0.29) is 16.7 Å². The molecule has 2 amide bonds. The van der Waals surface area contributed by atoms with Gasteiger partial charge in [-0.25, -0.2) is 14.4 Å². The average molecular weight is 643 g/mol. The highest BCUT2D eigenvalue weighted by atomic mass is 16.7. The van der Waals surface area contributed by atoms with E-state index in [0.29, 0.717) is 0 Å². The van der Waals surface area contributed by atoms with E-state index in [9.17, 15) is 34.1 Å². The Morgan fingerprint density at radius 3 is 1.64 bits per heavy atom. The van der Waals surface area contributed by atoms with Crippen LogP contribution in [-0.4, -0.2) is 64.1 Å². The Balaban J connectivity index is 1.61. The largest absolute Gasteiger partial charge is 0.459 e. The van der Waals surface area contributed by atoms with Gasteiger partial charge in [-0.15, -0.1) is 0 Å². The molecule has 5 rings (SSSR count). The van der Waals surface area contributed by atoms with Crippen LogP contribution in [0, 0.1) is 10.1 Å². The number of benzene rings is 3. The van der Waals surface area contributed by atoms with E-state index in [1.165, 1.54) is 36.4 Å². The van der Waals surface area contributed by atoms with Gasteiger partial charge in [0.1, 0.15) is 24.5 Å². The molecule has 4 atom stereocenters. The molecule has 1 aromatic heterocycles. The van der Waals surface area contributed by atoms with Gasteiger partial charge in [-0.1, -0.05) is 54.6 Å². The molecule has 2 heterocycles. The van der Waals surface area contributed by atoms with Crippen LogP contribution in [0.5, 0.6) is 0 Å². The van der Waals surface area contributed by atoms with Crippen LogP contribution in [0.15, 0.2) is 97.2 Å². The number of hydrogen-bond acceptors (Lipinski definition) is 11. The van der Waals surface area contributed by atoms with Crippen molar-refractivity contribution in [2.24, 2.45) is 11.5 Å². The third-order valence-corrected chi connectivity index (χ3v) is 7.14. The van der Waals surface area contributed by atoms with Crippen LogP contribution in [0.25, 0.3) is 0 Å². The molecule has 4 N–H and O–H groups in total. The van der Waals surface area contributed by atoms with E-state index < -0.39 is 82.7 Å². The Morgan fingerprint density at radius 2 is 1.19 bits per heavy atom. The minimum absolute atomic E-state index is 0.0657. The normalized spacial score (nSPS) is 18.6. The number of primary amides is 2. The van der Waals surface area contributed by atoms with Gasteiger partial charge >= 0.3 is 23.7 Å². The fourth-order valence-corrected chi connectivity index (χ4v) is 5.00. The van der Waals surface area contributed by atoms with Crippen LogP contribution < -0.4 is 11.5 Å². The van der Waals surface area contributed by atoms with E-state index >= 15 is 0 Å². The molecule has 47 heavy (non-hydrogen) atoms. The number of amides is 2. The van der Waals surface area contributed by atoms with E-state index in [1.807, 2.05) is 0 Å². The molecule has 1 fully saturated rings. The van der Waals surface area contributed by atoms with E-state index in [4.69, 9.17) is 30.4 Å². The average Bonchev–Trinajstić information content (AvgIpc) is 3.64. The lowest BCUT2D eigenvalue weighted by atomic mass is 10.1. The molecule has 3 aromatic carbocycles. The predicted octanol–water partition coefficient (Wildman–Crippen LogP) is 2.80. The standard InChI is InChI=1S/C32H26N4O11/c33-26(37)21-16-35(28(36(42)43)23(21)27(34)38)29-25(47-32(41)20-14-8-3-9-15-20)24(46-31(40)19-12-6-2-7-13-19)22(45-29)17-44-30(39)18-10-4-1-5-11-18/h1-16,22,24-25,29H,17H2,(H2,33,37)(H2,34,38)/t22-,24-,25-,29-/m1/s1. The first-order chi connectivity index (χ1) is 22.6. The molecule has 0 unspecified atom stereocenters. The number of carbonyl (C=O) groups excluding carboxylic acids is 5. The van der Waals surface area contributed by atoms with Gasteiger partial charge in [0.05, 0.1) is 22.3 Å². The maximum Gasteiger partial charge on any atom is 0.339 e. The lowest BCUT2D eigenvalue weighted by Gasteiger charge is -2.23. The van der Waals surface area contributed by atoms with Crippen LogP contribution >= 0.6 is 0 Å². The molecule has 0 bridgehead atoms. The van der Waals surface area contributed by atoms with Crippen molar-refractivity contribution in [3.05, 3.63) is 135 Å². The highest BCUT2D eigenvalue weighted by Gasteiger charge is 2.55. The number of hydrogen-bond donors (Lipinski definition) is 2. The molecular formula is C32H26N4O11. The summed E-state index contributed by atoms with van der Waals surface area (Å²) < 4.78 is 23.8. The molecule has 0 aliphatic carbocycles. The SMILES string of the molecule is NC(=O)c1cn([C@@H]2O[C@H](COC(=O)c3ccccc3)[C@@H](OC(=O)c3ccccc3)[C@H]2OC(=O)c2ccccc2)c([N+](=O)[O-])c1C(N)=O. The highest BCUT2D eigenvalue weighted by Crippen LogP contribution is 2.40. The number of aromatic nitrogens is 1. The van der Waals surface area contributed by atoms with E-state index in [0.717, 1.165) is 10.8 Å². The van der Waals surface area contributed by atoms with E-state index in [1.54, 1.807) is 54.6 Å². The summed E-state index contributed by atoms with van der Waals surface area (Å²) in [6.45, 7) is -0.587. The molecular weight excluding hydrogens is 616 g/mol. The fraction of sp³-hybridized carbons (Fsp3) is 0.156. The van der Waals surface area contributed by atoms with Gasteiger partial charge in [-0.2, -0.15) is 4.57 Å². The molecule has 240 valence electrons. The Kier molecular flexibility index (Phi) is 9.37. The first-order valence-electron chi connectivity index (χ1n) is 13.9. The number of nitrogens with zero attached hydrogens (tertiary/aromatic N) is 2. The Bertz CT molecular complexity index is 1830. The second-order valence-corrected chi connectivity index (χ2v) is 10.1. The fourth-order valence-electron chi connectivity index (χ4n) is 5.00. The zero-order valence-corrected chi connectivity index (χ0v) is 24.3. The van der Waals surface area contributed by atoms with Gasteiger partial charge in [-0.3, -0.25) is 9.59 Å². The third-order valence-electron chi connectivity index (χ3n) is 7.14. The molecule has 15 nitrogen and oxygen atoms in total. The molecule has 0 radical (unpaired) electrons. The molecule has 4 aromatic rings. The summed E-state index contributed by atoms with van der Waals surface area (Å²) in [5.41, 5.74) is 9.72. The summed E-state index contributed by atoms with van der Waals surface area (Å²) >= 11 is 0. The van der Waals surface area contributed by atoms with Crippen molar-refractivity contribution in [3.8, 4) is 0 Å². The maximum absolute atomic E-state index is 13.3. The highest BCUT2D eigenvalue weighted by molar-refractivity contribution is 6.08. The van der Waals surface area contributed by atoms with Crippen LogP contribution in [-0.2, 0) is 18.9 Å². The molecule has 1 aliphatic heterocycles. The van der Waals surface area contributed by atoms with Crippen LogP contribution in [0.3, 0.4) is 0 Å². The number of esters is 3. The molecule has 1 saturated heterocycles. The summed E-state index contributed by atoms with van der Waals surface area (Å²) in [5, 5.41) is 12.3. The monoisotopic (exact) mass is 642 g/mol.